The molecular formula is C11H20N2O3. The lowest BCUT2D eigenvalue weighted by atomic mass is 10.00. The predicted molar refractivity (Wildman–Crippen MR) is 59.4 cm³/mol. The summed E-state index contributed by atoms with van der Waals surface area (Å²) in [7, 11) is 0. The minimum Gasteiger partial charge on any atom is -0.465 e. The van der Waals surface area contributed by atoms with Crippen LogP contribution in [0.15, 0.2) is 0 Å². The van der Waals surface area contributed by atoms with Crippen molar-refractivity contribution in [1.82, 2.24) is 9.80 Å². The molecule has 5 nitrogen and oxygen atoms in total. The van der Waals surface area contributed by atoms with E-state index in [0.29, 0.717) is 19.1 Å². The van der Waals surface area contributed by atoms with Crippen LogP contribution < -0.4 is 0 Å². The van der Waals surface area contributed by atoms with Gasteiger partial charge in [0.1, 0.15) is 0 Å². The molecule has 0 bridgehead atoms. The van der Waals surface area contributed by atoms with Crippen molar-refractivity contribution in [3.05, 3.63) is 0 Å². The van der Waals surface area contributed by atoms with E-state index in [2.05, 4.69) is 4.90 Å². The zero-order valence-corrected chi connectivity index (χ0v) is 9.51. The third-order valence-electron chi connectivity index (χ3n) is 3.68. The molecule has 0 radical (unpaired) electrons. The highest BCUT2D eigenvalue weighted by Gasteiger charge is 2.29. The van der Waals surface area contributed by atoms with Crippen LogP contribution >= 0.6 is 0 Å². The largest absolute Gasteiger partial charge is 0.465 e. The molecule has 2 N–H and O–H groups in total. The molecule has 0 aliphatic carbocycles. The minimum absolute atomic E-state index is 0.157. The van der Waals surface area contributed by atoms with Gasteiger partial charge in [-0.05, 0) is 25.7 Å². The molecule has 1 atom stereocenters. The summed E-state index contributed by atoms with van der Waals surface area (Å²) < 4.78 is 0. The lowest BCUT2D eigenvalue weighted by molar-refractivity contribution is 0.0344. The van der Waals surface area contributed by atoms with Crippen LogP contribution in [0, 0.1) is 0 Å². The number of aliphatic hydroxyl groups is 1. The summed E-state index contributed by atoms with van der Waals surface area (Å²) in [5, 5.41) is 18.4. The number of piperidine rings is 2. The molecule has 2 aliphatic heterocycles. The van der Waals surface area contributed by atoms with E-state index in [0.717, 1.165) is 38.8 Å². The van der Waals surface area contributed by atoms with Gasteiger partial charge in [-0.15, -0.1) is 0 Å². The lowest BCUT2D eigenvalue weighted by Crippen LogP contribution is -2.52. The summed E-state index contributed by atoms with van der Waals surface area (Å²) in [6, 6.07) is 0.359. The fourth-order valence-corrected chi connectivity index (χ4v) is 2.68. The summed E-state index contributed by atoms with van der Waals surface area (Å²) in [5.41, 5.74) is 0. The van der Waals surface area contributed by atoms with Crippen molar-refractivity contribution >= 4 is 6.09 Å². The third-order valence-corrected chi connectivity index (χ3v) is 3.68. The average molecular weight is 228 g/mol. The summed E-state index contributed by atoms with van der Waals surface area (Å²) in [6.45, 7) is 3.10. The molecule has 0 spiro atoms. The molecule has 1 amide bonds. The van der Waals surface area contributed by atoms with E-state index in [1.54, 1.807) is 0 Å². The maximum absolute atomic E-state index is 10.9. The van der Waals surface area contributed by atoms with Crippen LogP contribution in [-0.4, -0.2) is 64.4 Å². The van der Waals surface area contributed by atoms with Gasteiger partial charge < -0.3 is 15.1 Å². The SMILES string of the molecule is O=C(O)N1CCCC(N2CCC(O)CC2)C1. The second kappa shape index (κ2) is 5.01. The molecule has 0 aromatic heterocycles. The minimum atomic E-state index is -0.804. The Morgan fingerprint density at radius 1 is 1.12 bits per heavy atom. The van der Waals surface area contributed by atoms with Gasteiger partial charge in [0, 0.05) is 32.2 Å². The van der Waals surface area contributed by atoms with Gasteiger partial charge >= 0.3 is 6.09 Å². The molecule has 5 heteroatoms. The second-order valence-corrected chi connectivity index (χ2v) is 4.79. The summed E-state index contributed by atoms with van der Waals surface area (Å²) in [4.78, 5) is 14.8. The number of hydrogen-bond acceptors (Lipinski definition) is 3. The molecule has 1 unspecified atom stereocenters. The van der Waals surface area contributed by atoms with Crippen LogP contribution in [0.3, 0.4) is 0 Å². The third kappa shape index (κ3) is 2.65. The Kier molecular flexibility index (Phi) is 3.66. The van der Waals surface area contributed by atoms with Gasteiger partial charge in [-0.2, -0.15) is 0 Å². The van der Waals surface area contributed by atoms with Crippen molar-refractivity contribution < 1.29 is 15.0 Å². The Labute approximate surface area is 95.6 Å². The zero-order chi connectivity index (χ0) is 11.5. The molecular weight excluding hydrogens is 208 g/mol. The Hall–Kier alpha value is -0.810. The van der Waals surface area contributed by atoms with Gasteiger partial charge in [0.15, 0.2) is 0 Å². The first kappa shape index (κ1) is 11.7. The van der Waals surface area contributed by atoms with Crippen LogP contribution in [0.5, 0.6) is 0 Å². The molecule has 0 aromatic rings. The van der Waals surface area contributed by atoms with Crippen molar-refractivity contribution in [3.8, 4) is 0 Å². The first-order chi connectivity index (χ1) is 7.66. The molecule has 16 heavy (non-hydrogen) atoms. The van der Waals surface area contributed by atoms with Crippen LogP contribution in [0.2, 0.25) is 0 Å². The number of carboxylic acid groups (broad SMARTS) is 1. The number of hydrogen-bond donors (Lipinski definition) is 2. The number of nitrogens with zero attached hydrogens (tertiary/aromatic N) is 2. The quantitative estimate of drug-likeness (QED) is 0.689. The molecule has 0 saturated carbocycles. The molecule has 2 fully saturated rings. The number of aliphatic hydroxyl groups excluding tert-OH is 1. The first-order valence-electron chi connectivity index (χ1n) is 6.07. The fraction of sp³-hybridized carbons (Fsp3) is 0.909. The molecule has 0 aromatic carbocycles. The number of carbonyl (C=O) groups is 1. The van der Waals surface area contributed by atoms with Gasteiger partial charge in [-0.25, -0.2) is 4.79 Å². The number of likely N-dealkylation sites (tertiary alicyclic amines) is 2. The topological polar surface area (TPSA) is 64.0 Å². The van der Waals surface area contributed by atoms with E-state index in [4.69, 9.17) is 5.11 Å². The van der Waals surface area contributed by atoms with E-state index < -0.39 is 6.09 Å². The van der Waals surface area contributed by atoms with Crippen molar-refractivity contribution in [2.45, 2.75) is 37.8 Å². The first-order valence-corrected chi connectivity index (χ1v) is 6.07. The molecule has 2 rings (SSSR count). The van der Waals surface area contributed by atoms with Crippen molar-refractivity contribution in [2.75, 3.05) is 26.2 Å². The molecule has 2 aliphatic rings. The second-order valence-electron chi connectivity index (χ2n) is 4.79. The van der Waals surface area contributed by atoms with Crippen LogP contribution in [0.4, 0.5) is 4.79 Å². The summed E-state index contributed by atoms with van der Waals surface area (Å²) >= 11 is 0. The Morgan fingerprint density at radius 2 is 1.81 bits per heavy atom. The molecule has 2 heterocycles. The highest BCUT2D eigenvalue weighted by molar-refractivity contribution is 5.65. The Morgan fingerprint density at radius 3 is 2.44 bits per heavy atom. The van der Waals surface area contributed by atoms with E-state index in [9.17, 15) is 9.90 Å². The molecule has 92 valence electrons. The van der Waals surface area contributed by atoms with Crippen molar-refractivity contribution in [1.29, 1.82) is 0 Å². The maximum atomic E-state index is 10.9. The van der Waals surface area contributed by atoms with Crippen LogP contribution in [0.25, 0.3) is 0 Å². The summed E-state index contributed by atoms with van der Waals surface area (Å²) in [6.07, 6.45) is 2.72. The standard InChI is InChI=1S/C11H20N2O3/c14-10-3-6-12(7-4-10)9-2-1-5-13(8-9)11(15)16/h9-10,14H,1-8H2,(H,15,16). The van der Waals surface area contributed by atoms with Crippen molar-refractivity contribution in [2.24, 2.45) is 0 Å². The van der Waals surface area contributed by atoms with E-state index >= 15 is 0 Å². The normalized spacial score (nSPS) is 29.3. The van der Waals surface area contributed by atoms with Crippen LogP contribution in [0.1, 0.15) is 25.7 Å². The number of rotatable bonds is 1. The number of amides is 1. The average Bonchev–Trinajstić information content (AvgIpc) is 2.30. The maximum Gasteiger partial charge on any atom is 0.407 e. The van der Waals surface area contributed by atoms with Gasteiger partial charge in [0.05, 0.1) is 6.10 Å². The van der Waals surface area contributed by atoms with Gasteiger partial charge in [0.25, 0.3) is 0 Å². The lowest BCUT2D eigenvalue weighted by Gasteiger charge is -2.40. The summed E-state index contributed by atoms with van der Waals surface area (Å²) in [5.74, 6) is 0. The Balaban J connectivity index is 1.87. The van der Waals surface area contributed by atoms with Gasteiger partial charge in [-0.3, -0.25) is 4.90 Å². The molecule has 2 saturated heterocycles. The van der Waals surface area contributed by atoms with Crippen molar-refractivity contribution in [3.63, 3.8) is 0 Å². The highest BCUT2D eigenvalue weighted by Crippen LogP contribution is 2.20. The van der Waals surface area contributed by atoms with Gasteiger partial charge in [0.2, 0.25) is 0 Å². The predicted octanol–water partition coefficient (Wildman–Crippen LogP) is 0.586. The Bertz CT molecular complexity index is 252. The van der Waals surface area contributed by atoms with E-state index in [-0.39, 0.29) is 6.10 Å². The fourth-order valence-electron chi connectivity index (χ4n) is 2.68. The smallest absolute Gasteiger partial charge is 0.407 e. The van der Waals surface area contributed by atoms with Gasteiger partial charge in [-0.1, -0.05) is 0 Å². The zero-order valence-electron chi connectivity index (χ0n) is 9.51. The highest BCUT2D eigenvalue weighted by atomic mass is 16.4. The monoisotopic (exact) mass is 228 g/mol. The van der Waals surface area contributed by atoms with Crippen LogP contribution in [-0.2, 0) is 0 Å². The van der Waals surface area contributed by atoms with E-state index in [1.165, 1.54) is 4.90 Å². The van der Waals surface area contributed by atoms with E-state index in [1.807, 2.05) is 0 Å².